The van der Waals surface area contributed by atoms with E-state index in [0.717, 1.165) is 31.3 Å². The predicted molar refractivity (Wildman–Crippen MR) is 80.6 cm³/mol. The van der Waals surface area contributed by atoms with Crippen molar-refractivity contribution in [2.24, 2.45) is 0 Å². The number of nitrogens with one attached hydrogen (secondary N) is 1. The Bertz CT molecular complexity index is 389. The molecule has 0 aliphatic rings. The van der Waals surface area contributed by atoms with E-state index in [2.05, 4.69) is 53.0 Å². The molecule has 1 aromatic rings. The summed E-state index contributed by atoms with van der Waals surface area (Å²) in [5.41, 5.74) is 2.22. The van der Waals surface area contributed by atoms with Gasteiger partial charge in [-0.2, -0.15) is 0 Å². The molecule has 5 heteroatoms. The van der Waals surface area contributed by atoms with Crippen LogP contribution in [0.3, 0.4) is 0 Å². The summed E-state index contributed by atoms with van der Waals surface area (Å²) in [7, 11) is 6.17. The summed E-state index contributed by atoms with van der Waals surface area (Å²) in [6.07, 6.45) is 1.93. The normalized spacial score (nSPS) is 11.4. The lowest BCUT2D eigenvalue weighted by atomic mass is 10.2. The quantitative estimate of drug-likeness (QED) is 0.804. The van der Waals surface area contributed by atoms with E-state index in [1.54, 1.807) is 0 Å². The first-order chi connectivity index (χ1) is 8.90. The molecule has 0 amide bonds. The van der Waals surface area contributed by atoms with Crippen molar-refractivity contribution in [1.29, 1.82) is 0 Å². The molecular formula is C14H27N5. The second kappa shape index (κ2) is 7.40. The van der Waals surface area contributed by atoms with Gasteiger partial charge < -0.3 is 15.1 Å². The Morgan fingerprint density at radius 2 is 1.89 bits per heavy atom. The minimum atomic E-state index is 0.474. The number of anilines is 1. The van der Waals surface area contributed by atoms with Crippen molar-refractivity contribution >= 4 is 5.95 Å². The summed E-state index contributed by atoms with van der Waals surface area (Å²) in [6.45, 7) is 9.07. The standard InChI is InChI=1S/C14H27N5/c1-11(2)15-9-13-10-16-14(17-12(13)3)19(6)8-7-18(4)5/h10-11,15H,7-9H2,1-6H3. The van der Waals surface area contributed by atoms with Gasteiger partial charge in [0.2, 0.25) is 5.95 Å². The molecule has 0 atom stereocenters. The zero-order chi connectivity index (χ0) is 14.4. The van der Waals surface area contributed by atoms with Crippen LogP contribution in [-0.2, 0) is 6.54 Å². The number of hydrogen-bond acceptors (Lipinski definition) is 5. The van der Waals surface area contributed by atoms with Gasteiger partial charge in [-0.15, -0.1) is 0 Å². The first-order valence-electron chi connectivity index (χ1n) is 6.82. The van der Waals surface area contributed by atoms with Crippen LogP contribution in [0.1, 0.15) is 25.1 Å². The van der Waals surface area contributed by atoms with Crippen LogP contribution < -0.4 is 10.2 Å². The molecule has 0 radical (unpaired) electrons. The Labute approximate surface area is 117 Å². The zero-order valence-corrected chi connectivity index (χ0v) is 13.1. The maximum atomic E-state index is 4.59. The molecule has 108 valence electrons. The van der Waals surface area contributed by atoms with Crippen LogP contribution in [0.5, 0.6) is 0 Å². The fourth-order valence-corrected chi connectivity index (χ4v) is 1.60. The molecule has 0 saturated carbocycles. The van der Waals surface area contributed by atoms with Gasteiger partial charge in [-0.1, -0.05) is 13.8 Å². The number of rotatable bonds is 7. The lowest BCUT2D eigenvalue weighted by Crippen LogP contribution is -2.30. The van der Waals surface area contributed by atoms with Crippen molar-refractivity contribution in [2.75, 3.05) is 39.1 Å². The van der Waals surface area contributed by atoms with Crippen LogP contribution in [0.4, 0.5) is 5.95 Å². The summed E-state index contributed by atoms with van der Waals surface area (Å²) in [5.74, 6) is 0.799. The van der Waals surface area contributed by atoms with Crippen LogP contribution in [0, 0.1) is 6.92 Å². The number of nitrogens with zero attached hydrogens (tertiary/aromatic N) is 4. The zero-order valence-electron chi connectivity index (χ0n) is 13.1. The van der Waals surface area contributed by atoms with Crippen LogP contribution >= 0.6 is 0 Å². The van der Waals surface area contributed by atoms with Crippen molar-refractivity contribution in [3.63, 3.8) is 0 Å². The highest BCUT2D eigenvalue weighted by Gasteiger charge is 2.08. The Hall–Kier alpha value is -1.20. The Morgan fingerprint density at radius 1 is 1.21 bits per heavy atom. The highest BCUT2D eigenvalue weighted by molar-refractivity contribution is 5.31. The smallest absolute Gasteiger partial charge is 0.225 e. The van der Waals surface area contributed by atoms with E-state index in [1.807, 2.05) is 20.2 Å². The van der Waals surface area contributed by atoms with Crippen molar-refractivity contribution < 1.29 is 0 Å². The molecule has 1 aromatic heterocycles. The molecule has 1 N–H and O–H groups in total. The maximum absolute atomic E-state index is 4.59. The van der Waals surface area contributed by atoms with E-state index in [1.165, 1.54) is 5.56 Å². The molecule has 1 rings (SSSR count). The molecule has 1 heterocycles. The van der Waals surface area contributed by atoms with E-state index in [4.69, 9.17) is 0 Å². The third-order valence-corrected chi connectivity index (χ3v) is 2.99. The minimum Gasteiger partial charge on any atom is -0.343 e. The van der Waals surface area contributed by atoms with E-state index in [-0.39, 0.29) is 0 Å². The van der Waals surface area contributed by atoms with Crippen molar-refractivity contribution in [3.05, 3.63) is 17.5 Å². The number of aromatic nitrogens is 2. The summed E-state index contributed by atoms with van der Waals surface area (Å²) >= 11 is 0. The fraction of sp³-hybridized carbons (Fsp3) is 0.714. The molecular weight excluding hydrogens is 238 g/mol. The second-order valence-electron chi connectivity index (χ2n) is 5.54. The molecule has 0 spiro atoms. The van der Waals surface area contributed by atoms with Crippen molar-refractivity contribution in [3.8, 4) is 0 Å². The number of aryl methyl sites for hydroxylation is 1. The van der Waals surface area contributed by atoms with Gasteiger partial charge in [0.05, 0.1) is 0 Å². The van der Waals surface area contributed by atoms with Gasteiger partial charge in [0, 0.05) is 50.2 Å². The molecule has 0 aliphatic carbocycles. The molecule has 0 aliphatic heterocycles. The first kappa shape index (κ1) is 15.9. The third kappa shape index (κ3) is 5.53. The van der Waals surface area contributed by atoms with E-state index in [0.29, 0.717) is 6.04 Å². The topological polar surface area (TPSA) is 44.3 Å². The third-order valence-electron chi connectivity index (χ3n) is 2.99. The minimum absolute atomic E-state index is 0.474. The average Bonchev–Trinajstić information content (AvgIpc) is 2.34. The Kier molecular flexibility index (Phi) is 6.18. The number of hydrogen-bond donors (Lipinski definition) is 1. The summed E-state index contributed by atoms with van der Waals surface area (Å²) < 4.78 is 0. The van der Waals surface area contributed by atoms with Crippen LogP contribution in [0.15, 0.2) is 6.20 Å². The van der Waals surface area contributed by atoms with Gasteiger partial charge >= 0.3 is 0 Å². The van der Waals surface area contributed by atoms with E-state index in [9.17, 15) is 0 Å². The maximum Gasteiger partial charge on any atom is 0.225 e. The molecule has 0 unspecified atom stereocenters. The Morgan fingerprint density at radius 3 is 2.42 bits per heavy atom. The summed E-state index contributed by atoms with van der Waals surface area (Å²) in [5, 5.41) is 3.39. The van der Waals surface area contributed by atoms with Gasteiger partial charge in [0.15, 0.2) is 0 Å². The van der Waals surface area contributed by atoms with Gasteiger partial charge in [-0.05, 0) is 21.0 Å². The average molecular weight is 265 g/mol. The van der Waals surface area contributed by atoms with Gasteiger partial charge in [0.25, 0.3) is 0 Å². The summed E-state index contributed by atoms with van der Waals surface area (Å²) in [6, 6.07) is 0.474. The monoisotopic (exact) mass is 265 g/mol. The SMILES string of the molecule is Cc1nc(N(C)CCN(C)C)ncc1CNC(C)C. The van der Waals surface area contributed by atoms with Crippen molar-refractivity contribution in [2.45, 2.75) is 33.4 Å². The largest absolute Gasteiger partial charge is 0.343 e. The molecule has 19 heavy (non-hydrogen) atoms. The van der Waals surface area contributed by atoms with Gasteiger partial charge in [0.1, 0.15) is 0 Å². The van der Waals surface area contributed by atoms with Gasteiger partial charge in [-0.25, -0.2) is 9.97 Å². The van der Waals surface area contributed by atoms with E-state index >= 15 is 0 Å². The Balaban J connectivity index is 2.65. The van der Waals surface area contributed by atoms with Gasteiger partial charge in [-0.3, -0.25) is 0 Å². The molecule has 0 fully saturated rings. The van der Waals surface area contributed by atoms with Crippen LogP contribution in [-0.4, -0.2) is 55.1 Å². The highest BCUT2D eigenvalue weighted by atomic mass is 15.2. The van der Waals surface area contributed by atoms with E-state index < -0.39 is 0 Å². The van der Waals surface area contributed by atoms with Crippen molar-refractivity contribution in [1.82, 2.24) is 20.2 Å². The second-order valence-corrected chi connectivity index (χ2v) is 5.54. The molecule has 0 aromatic carbocycles. The molecule has 5 nitrogen and oxygen atoms in total. The lowest BCUT2D eigenvalue weighted by molar-refractivity contribution is 0.415. The highest BCUT2D eigenvalue weighted by Crippen LogP contribution is 2.10. The lowest BCUT2D eigenvalue weighted by Gasteiger charge is -2.20. The molecule has 0 bridgehead atoms. The van der Waals surface area contributed by atoms with Crippen LogP contribution in [0.25, 0.3) is 0 Å². The molecule has 0 saturated heterocycles. The number of likely N-dealkylation sites (N-methyl/N-ethyl adjacent to an activating group) is 2. The fourth-order valence-electron chi connectivity index (χ4n) is 1.60. The van der Waals surface area contributed by atoms with Crippen LogP contribution in [0.2, 0.25) is 0 Å². The first-order valence-corrected chi connectivity index (χ1v) is 6.82. The summed E-state index contributed by atoms with van der Waals surface area (Å²) in [4.78, 5) is 13.3. The predicted octanol–water partition coefficient (Wildman–Crippen LogP) is 1.28.